The largest absolute Gasteiger partial charge is 0.329 e. The van der Waals surface area contributed by atoms with Gasteiger partial charge in [0.25, 0.3) is 0 Å². The van der Waals surface area contributed by atoms with Crippen LogP contribution in [0.5, 0.6) is 0 Å². The summed E-state index contributed by atoms with van der Waals surface area (Å²) in [6, 6.07) is 5.20. The summed E-state index contributed by atoms with van der Waals surface area (Å²) < 4.78 is 0. The van der Waals surface area contributed by atoms with E-state index in [1.807, 2.05) is 0 Å². The lowest BCUT2D eigenvalue weighted by Crippen LogP contribution is -2.36. The highest BCUT2D eigenvalue weighted by molar-refractivity contribution is 6.35. The van der Waals surface area contributed by atoms with Crippen molar-refractivity contribution in [2.45, 2.75) is 31.6 Å². The molecule has 1 amide bonds. The van der Waals surface area contributed by atoms with Gasteiger partial charge in [0.15, 0.2) is 5.78 Å². The van der Waals surface area contributed by atoms with Crippen molar-refractivity contribution < 1.29 is 9.59 Å². The molecule has 0 fully saturated rings. The molecule has 3 nitrogen and oxygen atoms in total. The Kier molecular flexibility index (Phi) is 3.57. The maximum Gasteiger partial charge on any atom is 0.225 e. The van der Waals surface area contributed by atoms with Gasteiger partial charge in [0.05, 0.1) is 0 Å². The van der Waals surface area contributed by atoms with Crippen molar-refractivity contribution in [1.82, 2.24) is 5.32 Å². The van der Waals surface area contributed by atoms with E-state index in [1.165, 1.54) is 0 Å². The van der Waals surface area contributed by atoms with Gasteiger partial charge in [-0.2, -0.15) is 0 Å². The van der Waals surface area contributed by atoms with Crippen molar-refractivity contribution in [2.24, 2.45) is 0 Å². The summed E-state index contributed by atoms with van der Waals surface area (Å²) >= 11 is 12.1. The lowest BCUT2D eigenvalue weighted by Gasteiger charge is -2.31. The number of benzene rings is 1. The number of halogens is 2. The van der Waals surface area contributed by atoms with Crippen molar-refractivity contribution in [1.29, 1.82) is 0 Å². The first-order valence-corrected chi connectivity index (χ1v) is 7.33. The zero-order valence-corrected chi connectivity index (χ0v) is 12.2. The van der Waals surface area contributed by atoms with E-state index in [1.54, 1.807) is 18.2 Å². The minimum Gasteiger partial charge on any atom is -0.329 e. The van der Waals surface area contributed by atoms with Gasteiger partial charge in [0.2, 0.25) is 5.91 Å². The Balaban J connectivity index is 2.10. The maximum atomic E-state index is 12.2. The highest BCUT2D eigenvalue weighted by Gasteiger charge is 2.35. The zero-order chi connectivity index (χ0) is 14.3. The van der Waals surface area contributed by atoms with Crippen molar-refractivity contribution in [2.75, 3.05) is 0 Å². The topological polar surface area (TPSA) is 46.2 Å². The molecule has 1 aliphatic heterocycles. The molecule has 0 radical (unpaired) electrons. The standard InChI is InChI=1S/C15H13Cl2NO2/c16-8-4-5-9(11(17)6-8)10-7-14(20)18-12-2-1-3-13(19)15(10)12/h4-6,10H,1-3,7H2,(H,18,20)/t10-/m0/s1. The van der Waals surface area contributed by atoms with Crippen molar-refractivity contribution in [3.05, 3.63) is 45.1 Å². The lowest BCUT2D eigenvalue weighted by molar-refractivity contribution is -0.122. The van der Waals surface area contributed by atoms with Crippen molar-refractivity contribution >= 4 is 34.9 Å². The van der Waals surface area contributed by atoms with Gasteiger partial charge in [0.1, 0.15) is 0 Å². The lowest BCUT2D eigenvalue weighted by atomic mass is 9.78. The smallest absolute Gasteiger partial charge is 0.225 e. The molecule has 0 spiro atoms. The number of rotatable bonds is 1. The summed E-state index contributed by atoms with van der Waals surface area (Å²) in [6.07, 6.45) is 2.33. The molecule has 1 aromatic carbocycles. The molecule has 3 rings (SSSR count). The molecule has 0 saturated heterocycles. The molecule has 1 aliphatic carbocycles. The van der Waals surface area contributed by atoms with Crippen LogP contribution < -0.4 is 5.32 Å². The van der Waals surface area contributed by atoms with Gasteiger partial charge in [-0.3, -0.25) is 9.59 Å². The van der Waals surface area contributed by atoms with E-state index in [0.29, 0.717) is 16.5 Å². The Morgan fingerprint density at radius 3 is 2.70 bits per heavy atom. The molecule has 0 saturated carbocycles. The number of hydrogen-bond donors (Lipinski definition) is 1. The minimum atomic E-state index is -0.253. The summed E-state index contributed by atoms with van der Waals surface area (Å²) in [4.78, 5) is 24.1. The normalized spacial score (nSPS) is 22.6. The van der Waals surface area contributed by atoms with Crippen LogP contribution in [0.2, 0.25) is 10.0 Å². The van der Waals surface area contributed by atoms with E-state index in [2.05, 4.69) is 5.32 Å². The Morgan fingerprint density at radius 1 is 1.15 bits per heavy atom. The number of carbonyl (C=O) groups excluding carboxylic acids is 2. The van der Waals surface area contributed by atoms with E-state index < -0.39 is 0 Å². The average Bonchev–Trinajstić information content (AvgIpc) is 2.37. The highest BCUT2D eigenvalue weighted by atomic mass is 35.5. The predicted molar refractivity (Wildman–Crippen MR) is 77.8 cm³/mol. The molecule has 5 heteroatoms. The first-order chi connectivity index (χ1) is 9.56. The molecule has 1 heterocycles. The van der Waals surface area contributed by atoms with E-state index in [9.17, 15) is 9.59 Å². The monoisotopic (exact) mass is 309 g/mol. The van der Waals surface area contributed by atoms with Crippen LogP contribution in [0, 0.1) is 0 Å². The summed E-state index contributed by atoms with van der Waals surface area (Å²) in [6.45, 7) is 0. The van der Waals surface area contributed by atoms with Crippen LogP contribution in [-0.2, 0) is 9.59 Å². The van der Waals surface area contributed by atoms with Crippen LogP contribution in [0.1, 0.15) is 37.2 Å². The fraction of sp³-hybridized carbons (Fsp3) is 0.333. The second kappa shape index (κ2) is 5.23. The van der Waals surface area contributed by atoms with Gasteiger partial charge in [0, 0.05) is 40.1 Å². The number of hydrogen-bond acceptors (Lipinski definition) is 2. The van der Waals surface area contributed by atoms with Crippen LogP contribution in [0.3, 0.4) is 0 Å². The third-order valence-electron chi connectivity index (χ3n) is 3.82. The molecule has 2 aliphatic rings. The molecule has 1 atom stereocenters. The molecule has 0 bridgehead atoms. The van der Waals surface area contributed by atoms with Gasteiger partial charge >= 0.3 is 0 Å². The predicted octanol–water partition coefficient (Wildman–Crippen LogP) is 3.60. The second-order valence-electron chi connectivity index (χ2n) is 5.14. The second-order valence-corrected chi connectivity index (χ2v) is 5.98. The van der Waals surface area contributed by atoms with Crippen LogP contribution >= 0.6 is 23.2 Å². The number of nitrogens with one attached hydrogen (secondary N) is 1. The highest BCUT2D eigenvalue weighted by Crippen LogP contribution is 2.40. The Labute approximate surface area is 126 Å². The van der Waals surface area contributed by atoms with Gasteiger partial charge in [-0.1, -0.05) is 29.3 Å². The quantitative estimate of drug-likeness (QED) is 0.861. The van der Waals surface area contributed by atoms with Crippen LogP contribution in [-0.4, -0.2) is 11.7 Å². The van der Waals surface area contributed by atoms with E-state index in [-0.39, 0.29) is 24.0 Å². The van der Waals surface area contributed by atoms with Crippen LogP contribution in [0.4, 0.5) is 0 Å². The molecule has 104 valence electrons. The minimum absolute atomic E-state index is 0.0607. The Bertz CT molecular complexity index is 637. The zero-order valence-electron chi connectivity index (χ0n) is 10.7. The van der Waals surface area contributed by atoms with Crippen LogP contribution in [0.25, 0.3) is 0 Å². The molecule has 0 unspecified atom stereocenters. The Morgan fingerprint density at radius 2 is 1.95 bits per heavy atom. The average molecular weight is 310 g/mol. The number of Topliss-reactive ketones (excluding diaryl/α,β-unsaturated/α-hetero) is 1. The van der Waals surface area contributed by atoms with Crippen molar-refractivity contribution in [3.63, 3.8) is 0 Å². The fourth-order valence-corrected chi connectivity index (χ4v) is 3.49. The third kappa shape index (κ3) is 2.36. The molecule has 1 N–H and O–H groups in total. The van der Waals surface area contributed by atoms with Gasteiger partial charge in [-0.05, 0) is 30.5 Å². The molecular formula is C15H13Cl2NO2. The molecule has 0 aromatic heterocycles. The van der Waals surface area contributed by atoms with Gasteiger partial charge < -0.3 is 5.32 Å². The van der Waals surface area contributed by atoms with E-state index in [4.69, 9.17) is 23.2 Å². The first kappa shape index (κ1) is 13.7. The molecular weight excluding hydrogens is 297 g/mol. The summed E-state index contributed by atoms with van der Waals surface area (Å²) in [5.41, 5.74) is 2.29. The summed E-state index contributed by atoms with van der Waals surface area (Å²) in [5, 5.41) is 3.88. The van der Waals surface area contributed by atoms with Crippen molar-refractivity contribution in [3.8, 4) is 0 Å². The summed E-state index contributed by atoms with van der Waals surface area (Å²) in [7, 11) is 0. The number of ketones is 1. The van der Waals surface area contributed by atoms with Gasteiger partial charge in [-0.15, -0.1) is 0 Å². The number of amides is 1. The Hall–Kier alpha value is -1.32. The third-order valence-corrected chi connectivity index (χ3v) is 4.38. The van der Waals surface area contributed by atoms with E-state index in [0.717, 1.165) is 29.7 Å². The maximum absolute atomic E-state index is 12.2. The number of carbonyl (C=O) groups is 2. The first-order valence-electron chi connectivity index (χ1n) is 6.57. The number of allylic oxidation sites excluding steroid dienone is 2. The van der Waals surface area contributed by atoms with Crippen LogP contribution in [0.15, 0.2) is 29.5 Å². The summed E-state index contributed by atoms with van der Waals surface area (Å²) in [5.74, 6) is -0.201. The van der Waals surface area contributed by atoms with E-state index >= 15 is 0 Å². The molecule has 20 heavy (non-hydrogen) atoms. The fourth-order valence-electron chi connectivity index (χ4n) is 2.95. The van der Waals surface area contributed by atoms with Gasteiger partial charge in [-0.25, -0.2) is 0 Å². The SMILES string of the molecule is O=C1C[C@@H](c2ccc(Cl)cc2Cl)C2=C(CCCC2=O)N1. The molecule has 1 aromatic rings.